The lowest BCUT2D eigenvalue weighted by Crippen LogP contribution is -2.25. The topological polar surface area (TPSA) is 61.0 Å². The van der Waals surface area contributed by atoms with E-state index in [1.54, 1.807) is 11.3 Å². The number of ether oxygens (including phenoxy) is 1. The van der Waals surface area contributed by atoms with Gasteiger partial charge in [-0.2, -0.15) is 0 Å². The Kier molecular flexibility index (Phi) is 6.56. The number of rotatable bonds is 4. The van der Waals surface area contributed by atoms with E-state index in [1.165, 1.54) is 20.9 Å². The van der Waals surface area contributed by atoms with E-state index in [-0.39, 0.29) is 12.0 Å². The molecule has 1 aliphatic heterocycles. The third kappa shape index (κ3) is 4.68. The fraction of sp³-hybridized carbons (Fsp3) is 0.0408. The van der Waals surface area contributed by atoms with Crippen molar-refractivity contribution in [1.82, 2.24) is 15.0 Å². The summed E-state index contributed by atoms with van der Waals surface area (Å²) < 4.78 is 15.7. The smallest absolute Gasteiger partial charge is 0.165 e. The summed E-state index contributed by atoms with van der Waals surface area (Å²) >= 11 is 1.78. The van der Waals surface area contributed by atoms with Crippen LogP contribution in [0.5, 0.6) is 5.75 Å². The van der Waals surface area contributed by atoms with Crippen LogP contribution in [0, 0.1) is 0 Å². The minimum absolute atomic E-state index is 0.149. The van der Waals surface area contributed by atoms with E-state index in [4.69, 9.17) is 24.1 Å². The summed E-state index contributed by atoms with van der Waals surface area (Å²) in [5.41, 5.74) is 7.99. The van der Waals surface area contributed by atoms with Crippen molar-refractivity contribution in [1.29, 1.82) is 0 Å². The molecule has 7 aromatic carbocycles. The Morgan fingerprint density at radius 3 is 2.18 bits per heavy atom. The van der Waals surface area contributed by atoms with Crippen molar-refractivity contribution in [2.45, 2.75) is 12.0 Å². The monoisotopic (exact) mass is 723 g/mol. The van der Waals surface area contributed by atoms with E-state index in [1.807, 2.05) is 24.3 Å². The second-order valence-electron chi connectivity index (χ2n) is 14.2. The molecule has 0 fully saturated rings. The van der Waals surface area contributed by atoms with Crippen LogP contribution >= 0.6 is 11.3 Å². The predicted molar refractivity (Wildman–Crippen MR) is 224 cm³/mol. The van der Waals surface area contributed by atoms with Gasteiger partial charge in [-0.25, -0.2) is 15.0 Å². The van der Waals surface area contributed by atoms with Crippen molar-refractivity contribution in [3.63, 3.8) is 0 Å². The maximum Gasteiger partial charge on any atom is 0.165 e. The van der Waals surface area contributed by atoms with Gasteiger partial charge in [0, 0.05) is 58.8 Å². The van der Waals surface area contributed by atoms with Crippen molar-refractivity contribution in [3.8, 4) is 28.5 Å². The Bertz CT molecular complexity index is 3280. The van der Waals surface area contributed by atoms with Crippen molar-refractivity contribution >= 4 is 75.4 Å². The number of thiophene rings is 1. The molecule has 0 amide bonds. The second kappa shape index (κ2) is 11.8. The molecule has 0 saturated carbocycles. The number of nitrogens with zero attached hydrogens (tertiary/aromatic N) is 3. The van der Waals surface area contributed by atoms with Gasteiger partial charge in [0.15, 0.2) is 17.5 Å². The zero-order valence-corrected chi connectivity index (χ0v) is 30.1. The van der Waals surface area contributed by atoms with E-state index in [0.29, 0.717) is 17.5 Å². The van der Waals surface area contributed by atoms with Crippen LogP contribution in [0.3, 0.4) is 0 Å². The van der Waals surface area contributed by atoms with Crippen LogP contribution in [0.1, 0.15) is 22.9 Å². The molecule has 6 heteroatoms. The minimum Gasteiger partial charge on any atom is -0.484 e. The predicted octanol–water partition coefficient (Wildman–Crippen LogP) is 12.7. The van der Waals surface area contributed by atoms with Gasteiger partial charge in [0.05, 0.1) is 5.92 Å². The quantitative estimate of drug-likeness (QED) is 0.181. The summed E-state index contributed by atoms with van der Waals surface area (Å²) in [7, 11) is 0. The number of hydrogen-bond acceptors (Lipinski definition) is 6. The number of benzene rings is 7. The van der Waals surface area contributed by atoms with Crippen molar-refractivity contribution in [2.24, 2.45) is 0 Å². The zero-order chi connectivity index (χ0) is 36.0. The Labute approximate surface area is 319 Å². The van der Waals surface area contributed by atoms with Crippen LogP contribution in [0.2, 0.25) is 0 Å². The van der Waals surface area contributed by atoms with Gasteiger partial charge in [-0.15, -0.1) is 11.3 Å². The number of allylic oxidation sites excluding steroid dienone is 2. The first-order chi connectivity index (χ1) is 27.2. The van der Waals surface area contributed by atoms with Gasteiger partial charge >= 0.3 is 0 Å². The molecule has 0 saturated heterocycles. The molecule has 0 N–H and O–H groups in total. The molecule has 0 bridgehead atoms. The third-order valence-corrected chi connectivity index (χ3v) is 12.4. The van der Waals surface area contributed by atoms with Gasteiger partial charge < -0.3 is 9.15 Å². The first kappa shape index (κ1) is 30.6. The lowest BCUT2D eigenvalue weighted by atomic mass is 9.78. The average molecular weight is 724 g/mol. The maximum atomic E-state index is 6.93. The number of furan rings is 1. The summed E-state index contributed by atoms with van der Waals surface area (Å²) in [5, 5.41) is 6.94. The highest BCUT2D eigenvalue weighted by Crippen LogP contribution is 2.52. The maximum absolute atomic E-state index is 6.93. The third-order valence-electron chi connectivity index (χ3n) is 11.2. The highest BCUT2D eigenvalue weighted by molar-refractivity contribution is 7.26. The Balaban J connectivity index is 1.11. The molecule has 12 rings (SSSR count). The first-order valence-electron chi connectivity index (χ1n) is 18.5. The molecule has 1 aliphatic carbocycles. The van der Waals surface area contributed by atoms with Gasteiger partial charge in [0.1, 0.15) is 23.0 Å². The summed E-state index contributed by atoms with van der Waals surface area (Å²) in [4.78, 5) is 15.9. The fourth-order valence-corrected chi connectivity index (χ4v) is 9.85. The molecule has 10 aromatic rings. The van der Waals surface area contributed by atoms with Crippen LogP contribution in [-0.4, -0.2) is 21.1 Å². The second-order valence-corrected chi connectivity index (χ2v) is 15.3. The van der Waals surface area contributed by atoms with E-state index >= 15 is 0 Å². The Morgan fingerprint density at radius 2 is 1.22 bits per heavy atom. The number of fused-ring (bicyclic) bond motifs is 10. The summed E-state index contributed by atoms with van der Waals surface area (Å²) in [5.74, 6) is 2.66. The average Bonchev–Trinajstić information content (AvgIpc) is 3.95. The molecular formula is C49H29N3O2S. The SMILES string of the molecule is C1=C(c2cccc3oc4ccccc4c23)C2Oc3ccccc3C2C(c2nc(-c3ccc4ccccc4c3)nc(-c3cccc4c3sc3ccccc34)n2)=C1. The van der Waals surface area contributed by atoms with Crippen molar-refractivity contribution in [2.75, 3.05) is 0 Å². The van der Waals surface area contributed by atoms with Crippen LogP contribution in [0.4, 0.5) is 0 Å². The molecule has 4 heterocycles. The summed E-state index contributed by atoms with van der Waals surface area (Å²) in [6.45, 7) is 0. The van der Waals surface area contributed by atoms with Crippen molar-refractivity contribution in [3.05, 3.63) is 181 Å². The molecule has 2 unspecified atom stereocenters. The fourth-order valence-electron chi connectivity index (χ4n) is 8.64. The van der Waals surface area contributed by atoms with E-state index < -0.39 is 0 Å². The number of aromatic nitrogens is 3. The van der Waals surface area contributed by atoms with E-state index in [2.05, 4.69) is 140 Å². The minimum atomic E-state index is -0.299. The van der Waals surface area contributed by atoms with Gasteiger partial charge in [-0.05, 0) is 52.7 Å². The van der Waals surface area contributed by atoms with Crippen LogP contribution < -0.4 is 4.74 Å². The first-order valence-corrected chi connectivity index (χ1v) is 19.3. The molecular weight excluding hydrogens is 695 g/mol. The van der Waals surface area contributed by atoms with Crippen LogP contribution in [0.25, 0.3) is 86.8 Å². The lowest BCUT2D eigenvalue weighted by Gasteiger charge is -2.28. The standard InChI is InChI=1S/C49H29N3O2S/c1-2-12-29-27-30(24-23-28(29)11-1)47-50-48(52-49(51-47)38-18-9-17-34-31-13-5-8-22-42(31)55-46(34)38)37-26-25-33(45-44(37)36-15-4-7-20-40(36)54-45)32-16-10-21-41-43(32)35-14-3-6-19-39(35)53-41/h1-27,44-45H. The Hall–Kier alpha value is -6.89. The van der Waals surface area contributed by atoms with Gasteiger partial charge in [-0.3, -0.25) is 0 Å². The van der Waals surface area contributed by atoms with Gasteiger partial charge in [-0.1, -0.05) is 127 Å². The van der Waals surface area contributed by atoms with Crippen LogP contribution in [-0.2, 0) is 0 Å². The lowest BCUT2D eigenvalue weighted by molar-refractivity contribution is 0.281. The molecule has 55 heavy (non-hydrogen) atoms. The van der Waals surface area contributed by atoms with E-state index in [0.717, 1.165) is 71.2 Å². The Morgan fingerprint density at radius 1 is 0.509 bits per heavy atom. The van der Waals surface area contributed by atoms with Crippen LogP contribution in [0.15, 0.2) is 168 Å². The highest BCUT2D eigenvalue weighted by atomic mass is 32.1. The van der Waals surface area contributed by atoms with E-state index in [9.17, 15) is 0 Å². The molecule has 2 atom stereocenters. The zero-order valence-electron chi connectivity index (χ0n) is 29.3. The number of para-hydroxylation sites is 2. The van der Waals surface area contributed by atoms with Gasteiger partial charge in [0.25, 0.3) is 0 Å². The molecule has 3 aromatic heterocycles. The largest absolute Gasteiger partial charge is 0.484 e. The number of hydrogen-bond donors (Lipinski definition) is 0. The summed E-state index contributed by atoms with van der Waals surface area (Å²) in [6.07, 6.45) is 4.10. The normalized spacial score (nSPS) is 16.4. The highest BCUT2D eigenvalue weighted by Gasteiger charge is 2.43. The van der Waals surface area contributed by atoms with Gasteiger partial charge in [0.2, 0.25) is 0 Å². The van der Waals surface area contributed by atoms with Crippen molar-refractivity contribution < 1.29 is 9.15 Å². The molecule has 5 nitrogen and oxygen atoms in total. The molecule has 0 radical (unpaired) electrons. The molecule has 0 spiro atoms. The molecule has 2 aliphatic rings. The summed E-state index contributed by atoms with van der Waals surface area (Å²) in [6, 6.07) is 52.8. The molecule has 258 valence electrons.